The molecule has 2 amide bonds. The van der Waals surface area contributed by atoms with Crippen LogP contribution in [0.5, 0.6) is 0 Å². The van der Waals surface area contributed by atoms with Gasteiger partial charge in [0.15, 0.2) is 0 Å². The molecule has 2 atom stereocenters. The summed E-state index contributed by atoms with van der Waals surface area (Å²) in [7, 11) is 8.07. The van der Waals surface area contributed by atoms with Crippen LogP contribution in [-0.4, -0.2) is 69.4 Å². The SMILES string of the molecule is CN(C)c1ccc(C(CNC(=O)C2CC(=O)N(CCc3ccccc3)C2)N(C)C)cc1. The van der Waals surface area contributed by atoms with Crippen molar-refractivity contribution in [2.45, 2.75) is 18.9 Å². The lowest BCUT2D eigenvalue weighted by Gasteiger charge is -2.26. The Kier molecular flexibility index (Phi) is 7.69. The van der Waals surface area contributed by atoms with Crippen LogP contribution in [0.25, 0.3) is 0 Å². The second-order valence-electron chi connectivity index (χ2n) is 8.69. The third-order valence-electron chi connectivity index (χ3n) is 5.99. The van der Waals surface area contributed by atoms with Crippen LogP contribution < -0.4 is 10.2 Å². The summed E-state index contributed by atoms with van der Waals surface area (Å²) in [5, 5.41) is 3.09. The smallest absolute Gasteiger partial charge is 0.225 e. The molecule has 0 aliphatic carbocycles. The zero-order valence-corrected chi connectivity index (χ0v) is 19.0. The van der Waals surface area contributed by atoms with E-state index in [1.165, 1.54) is 5.56 Å². The zero-order chi connectivity index (χ0) is 22.4. The Bertz CT molecular complexity index is 865. The fourth-order valence-electron chi connectivity index (χ4n) is 4.01. The molecule has 0 bridgehead atoms. The first-order valence-electron chi connectivity index (χ1n) is 10.9. The molecule has 1 aliphatic rings. The van der Waals surface area contributed by atoms with Crippen LogP contribution in [0, 0.1) is 5.92 Å². The maximum Gasteiger partial charge on any atom is 0.225 e. The largest absolute Gasteiger partial charge is 0.378 e. The Labute approximate surface area is 185 Å². The van der Waals surface area contributed by atoms with Crippen LogP contribution in [0.1, 0.15) is 23.6 Å². The van der Waals surface area contributed by atoms with E-state index in [1.807, 2.05) is 51.3 Å². The van der Waals surface area contributed by atoms with Crippen LogP contribution in [0.2, 0.25) is 0 Å². The lowest BCUT2D eigenvalue weighted by Crippen LogP contribution is -2.38. The monoisotopic (exact) mass is 422 g/mol. The van der Waals surface area contributed by atoms with Crippen molar-refractivity contribution in [3.63, 3.8) is 0 Å². The molecular weight excluding hydrogens is 388 g/mol. The van der Waals surface area contributed by atoms with Crippen LogP contribution in [-0.2, 0) is 16.0 Å². The molecule has 2 unspecified atom stereocenters. The van der Waals surface area contributed by atoms with Gasteiger partial charge < -0.3 is 20.0 Å². The summed E-state index contributed by atoms with van der Waals surface area (Å²) >= 11 is 0. The number of nitrogens with one attached hydrogen (secondary N) is 1. The highest BCUT2D eigenvalue weighted by Gasteiger charge is 2.34. The summed E-state index contributed by atoms with van der Waals surface area (Å²) in [6.07, 6.45) is 1.11. The van der Waals surface area contributed by atoms with Crippen LogP contribution in [0.3, 0.4) is 0 Å². The third-order valence-corrected chi connectivity index (χ3v) is 5.99. The Balaban J connectivity index is 1.53. The van der Waals surface area contributed by atoms with Gasteiger partial charge in [-0.15, -0.1) is 0 Å². The number of hydrogen-bond donors (Lipinski definition) is 1. The van der Waals surface area contributed by atoms with E-state index in [0.717, 1.165) is 17.7 Å². The van der Waals surface area contributed by atoms with E-state index < -0.39 is 0 Å². The van der Waals surface area contributed by atoms with Gasteiger partial charge in [0.25, 0.3) is 0 Å². The molecule has 6 heteroatoms. The minimum Gasteiger partial charge on any atom is -0.378 e. The minimum absolute atomic E-state index is 0.0349. The van der Waals surface area contributed by atoms with E-state index >= 15 is 0 Å². The summed E-state index contributed by atoms with van der Waals surface area (Å²) in [6, 6.07) is 18.6. The van der Waals surface area contributed by atoms with E-state index in [2.05, 4.69) is 51.5 Å². The van der Waals surface area contributed by atoms with Crippen molar-refractivity contribution >= 4 is 17.5 Å². The number of likely N-dealkylation sites (N-methyl/N-ethyl adjacent to an activating group) is 1. The zero-order valence-electron chi connectivity index (χ0n) is 19.0. The molecule has 0 saturated carbocycles. The maximum absolute atomic E-state index is 12.8. The van der Waals surface area contributed by atoms with Gasteiger partial charge in [-0.3, -0.25) is 9.59 Å². The molecule has 1 N–H and O–H groups in total. The van der Waals surface area contributed by atoms with Gasteiger partial charge >= 0.3 is 0 Å². The maximum atomic E-state index is 12.8. The van der Waals surface area contributed by atoms with Crippen LogP contribution in [0.15, 0.2) is 54.6 Å². The number of amides is 2. The molecule has 1 heterocycles. The van der Waals surface area contributed by atoms with Crippen LogP contribution in [0.4, 0.5) is 5.69 Å². The Morgan fingerprint density at radius 2 is 1.74 bits per heavy atom. The number of nitrogens with zero attached hydrogens (tertiary/aromatic N) is 3. The second kappa shape index (κ2) is 10.4. The highest BCUT2D eigenvalue weighted by Crippen LogP contribution is 2.22. The van der Waals surface area contributed by atoms with Gasteiger partial charge in [-0.25, -0.2) is 0 Å². The second-order valence-corrected chi connectivity index (χ2v) is 8.69. The molecule has 0 spiro atoms. The van der Waals surface area contributed by atoms with Gasteiger partial charge in [0.05, 0.1) is 12.0 Å². The van der Waals surface area contributed by atoms with Crippen molar-refractivity contribution in [2.75, 3.05) is 52.7 Å². The molecule has 6 nitrogen and oxygen atoms in total. The summed E-state index contributed by atoms with van der Waals surface area (Å²) < 4.78 is 0. The lowest BCUT2D eigenvalue weighted by molar-refractivity contribution is -0.129. The highest BCUT2D eigenvalue weighted by molar-refractivity contribution is 5.89. The Morgan fingerprint density at radius 3 is 2.35 bits per heavy atom. The van der Waals surface area contributed by atoms with Gasteiger partial charge in [0.2, 0.25) is 11.8 Å². The lowest BCUT2D eigenvalue weighted by atomic mass is 10.0. The van der Waals surface area contributed by atoms with Crippen molar-refractivity contribution in [1.29, 1.82) is 0 Å². The molecule has 0 radical (unpaired) electrons. The molecule has 2 aromatic carbocycles. The number of hydrogen-bond acceptors (Lipinski definition) is 4. The molecule has 3 rings (SSSR count). The summed E-state index contributed by atoms with van der Waals surface area (Å²) in [5.74, 6) is -0.242. The van der Waals surface area contributed by atoms with Gasteiger partial charge in [-0.1, -0.05) is 42.5 Å². The van der Waals surface area contributed by atoms with Crippen molar-refractivity contribution in [3.05, 3.63) is 65.7 Å². The first-order chi connectivity index (χ1) is 14.8. The Hall–Kier alpha value is -2.86. The van der Waals surface area contributed by atoms with E-state index in [0.29, 0.717) is 26.1 Å². The first kappa shape index (κ1) is 22.8. The summed E-state index contributed by atoms with van der Waals surface area (Å²) in [6.45, 7) is 1.68. The average Bonchev–Trinajstić information content (AvgIpc) is 3.14. The topological polar surface area (TPSA) is 55.9 Å². The van der Waals surface area contributed by atoms with Crippen molar-refractivity contribution in [1.82, 2.24) is 15.1 Å². The molecule has 166 valence electrons. The first-order valence-corrected chi connectivity index (χ1v) is 10.9. The predicted octanol–water partition coefficient (Wildman–Crippen LogP) is 2.56. The molecule has 2 aromatic rings. The van der Waals surface area contributed by atoms with Crippen molar-refractivity contribution < 1.29 is 9.59 Å². The van der Waals surface area contributed by atoms with Crippen molar-refractivity contribution in [2.24, 2.45) is 5.92 Å². The van der Waals surface area contributed by atoms with Gasteiger partial charge in [-0.2, -0.15) is 0 Å². The van der Waals surface area contributed by atoms with E-state index in [-0.39, 0.29) is 23.8 Å². The number of rotatable bonds is 9. The van der Waals surface area contributed by atoms with Crippen molar-refractivity contribution in [3.8, 4) is 0 Å². The standard InChI is InChI=1S/C25H34N4O2/c1-27(2)22-12-10-20(11-13-22)23(28(3)4)17-26-25(31)21-16-24(30)29(18-21)15-14-19-8-6-5-7-9-19/h5-13,21,23H,14-18H2,1-4H3,(H,26,31). The van der Waals surface area contributed by atoms with Gasteiger partial charge in [0.1, 0.15) is 0 Å². The quantitative estimate of drug-likeness (QED) is 0.675. The number of anilines is 1. The predicted molar refractivity (Wildman–Crippen MR) is 125 cm³/mol. The molecule has 1 aliphatic heterocycles. The molecule has 0 aromatic heterocycles. The Morgan fingerprint density at radius 1 is 1.06 bits per heavy atom. The van der Waals surface area contributed by atoms with E-state index in [4.69, 9.17) is 0 Å². The normalized spacial score (nSPS) is 17.1. The van der Waals surface area contributed by atoms with E-state index in [9.17, 15) is 9.59 Å². The van der Waals surface area contributed by atoms with Gasteiger partial charge in [-0.05, 0) is 43.8 Å². The number of benzene rings is 2. The highest BCUT2D eigenvalue weighted by atomic mass is 16.2. The molecule has 1 saturated heterocycles. The molecular formula is C25H34N4O2. The number of carbonyl (C=O) groups excluding carboxylic acids is 2. The van der Waals surface area contributed by atoms with E-state index in [1.54, 1.807) is 0 Å². The average molecular weight is 423 g/mol. The summed E-state index contributed by atoms with van der Waals surface area (Å²) in [4.78, 5) is 31.2. The van der Waals surface area contributed by atoms with Gasteiger partial charge in [0, 0.05) is 45.8 Å². The summed E-state index contributed by atoms with van der Waals surface area (Å²) in [5.41, 5.74) is 3.51. The number of carbonyl (C=O) groups is 2. The van der Waals surface area contributed by atoms with Crippen LogP contribution >= 0.6 is 0 Å². The third kappa shape index (κ3) is 6.07. The molecule has 31 heavy (non-hydrogen) atoms. The minimum atomic E-state index is -0.276. The fourth-order valence-corrected chi connectivity index (χ4v) is 4.01. The molecule has 1 fully saturated rings. The number of likely N-dealkylation sites (tertiary alicyclic amines) is 1. The fraction of sp³-hybridized carbons (Fsp3) is 0.440.